The molecule has 1 N–H and O–H groups in total. The van der Waals surface area contributed by atoms with E-state index in [0.717, 1.165) is 42.5 Å². The molecule has 0 fully saturated rings. The van der Waals surface area contributed by atoms with Crippen molar-refractivity contribution in [2.75, 3.05) is 25.0 Å². The second-order valence-electron chi connectivity index (χ2n) is 5.22. The summed E-state index contributed by atoms with van der Waals surface area (Å²) < 4.78 is 0. The molecule has 0 aliphatic heterocycles. The molecule has 0 saturated carbocycles. The van der Waals surface area contributed by atoms with Crippen LogP contribution >= 0.6 is 11.6 Å². The number of halogens is 1. The Morgan fingerprint density at radius 3 is 2.74 bits per heavy atom. The van der Waals surface area contributed by atoms with Crippen molar-refractivity contribution in [2.45, 2.75) is 40.2 Å². The Morgan fingerprint density at radius 1 is 1.42 bits per heavy atom. The van der Waals surface area contributed by atoms with Crippen LogP contribution in [-0.4, -0.2) is 25.1 Å². The van der Waals surface area contributed by atoms with Crippen molar-refractivity contribution in [3.05, 3.63) is 22.8 Å². The summed E-state index contributed by atoms with van der Waals surface area (Å²) in [6.07, 6.45) is 4.22. The van der Waals surface area contributed by atoms with Crippen molar-refractivity contribution < 1.29 is 0 Å². The summed E-state index contributed by atoms with van der Waals surface area (Å²) in [4.78, 5) is 6.64. The van der Waals surface area contributed by atoms with Gasteiger partial charge in [0.2, 0.25) is 0 Å². The fraction of sp³-hybridized carbons (Fsp3) is 0.667. The van der Waals surface area contributed by atoms with Crippen molar-refractivity contribution in [3.8, 4) is 0 Å². The monoisotopic (exact) mass is 283 g/mol. The first-order chi connectivity index (χ1) is 9.08. The van der Waals surface area contributed by atoms with Crippen LogP contribution in [0.2, 0.25) is 5.02 Å². The third kappa shape index (κ3) is 5.37. The highest BCUT2D eigenvalue weighted by atomic mass is 35.5. The molecule has 1 rings (SSSR count). The molecule has 1 unspecified atom stereocenters. The maximum atomic E-state index is 6.33. The van der Waals surface area contributed by atoms with Crippen molar-refractivity contribution in [2.24, 2.45) is 5.92 Å². The fourth-order valence-electron chi connectivity index (χ4n) is 1.94. The van der Waals surface area contributed by atoms with Crippen LogP contribution in [0.15, 0.2) is 12.3 Å². The summed E-state index contributed by atoms with van der Waals surface area (Å²) in [6, 6.07) is 2.01. The van der Waals surface area contributed by atoms with Crippen LogP contribution in [0.3, 0.4) is 0 Å². The first-order valence-electron chi connectivity index (χ1n) is 7.14. The van der Waals surface area contributed by atoms with Gasteiger partial charge in [-0.25, -0.2) is 4.98 Å². The molecule has 0 bridgehead atoms. The summed E-state index contributed by atoms with van der Waals surface area (Å²) in [5.74, 6) is 1.52. The molecule has 0 aliphatic rings. The molecule has 0 radical (unpaired) electrons. The van der Waals surface area contributed by atoms with E-state index >= 15 is 0 Å². The molecule has 0 amide bonds. The average Bonchev–Trinajstić information content (AvgIpc) is 2.38. The molecule has 4 heteroatoms. The summed E-state index contributed by atoms with van der Waals surface area (Å²) in [5, 5.41) is 4.09. The second kappa shape index (κ2) is 8.39. The normalized spacial score (nSPS) is 12.5. The van der Waals surface area contributed by atoms with E-state index in [4.69, 9.17) is 11.6 Å². The molecule has 1 aromatic rings. The maximum absolute atomic E-state index is 6.33. The lowest BCUT2D eigenvalue weighted by atomic mass is 10.1. The molecule has 0 saturated heterocycles. The van der Waals surface area contributed by atoms with Crippen LogP contribution < -0.4 is 10.2 Å². The van der Waals surface area contributed by atoms with Crippen molar-refractivity contribution in [1.29, 1.82) is 0 Å². The average molecular weight is 284 g/mol. The van der Waals surface area contributed by atoms with Crippen molar-refractivity contribution >= 4 is 17.4 Å². The summed E-state index contributed by atoms with van der Waals surface area (Å²) >= 11 is 6.33. The van der Waals surface area contributed by atoms with Crippen LogP contribution in [0.1, 0.15) is 39.2 Å². The first kappa shape index (κ1) is 16.3. The lowest BCUT2D eigenvalue weighted by molar-refractivity contribution is 0.557. The zero-order valence-corrected chi connectivity index (χ0v) is 13.3. The zero-order chi connectivity index (χ0) is 14.3. The Morgan fingerprint density at radius 2 is 2.16 bits per heavy atom. The first-order valence-corrected chi connectivity index (χ1v) is 7.52. The number of anilines is 1. The van der Waals surface area contributed by atoms with Crippen LogP contribution in [0, 0.1) is 5.92 Å². The van der Waals surface area contributed by atoms with E-state index in [1.54, 1.807) is 0 Å². The van der Waals surface area contributed by atoms with Crippen LogP contribution in [0.5, 0.6) is 0 Å². The number of nitrogens with one attached hydrogen (secondary N) is 1. The Balaban J connectivity index is 2.65. The minimum atomic E-state index is 0.647. The number of aromatic nitrogens is 1. The molecular formula is C15H26ClN3. The van der Waals surface area contributed by atoms with Gasteiger partial charge < -0.3 is 10.2 Å². The number of nitrogens with zero attached hydrogens (tertiary/aromatic N) is 2. The smallest absolute Gasteiger partial charge is 0.147 e. The standard InChI is InChI=1S/C15H26ClN3/c1-5-7-17-9-13-8-14(16)15(18-10-13)19(4)11-12(3)6-2/h8,10,12,17H,5-7,9,11H2,1-4H3. The summed E-state index contributed by atoms with van der Waals surface area (Å²) in [5.41, 5.74) is 1.14. The van der Waals surface area contributed by atoms with Gasteiger partial charge in [-0.1, -0.05) is 38.8 Å². The van der Waals surface area contributed by atoms with E-state index < -0.39 is 0 Å². The molecular weight excluding hydrogens is 258 g/mol. The van der Waals surface area contributed by atoms with Gasteiger partial charge in [0.25, 0.3) is 0 Å². The Hall–Kier alpha value is -0.800. The Kier molecular flexibility index (Phi) is 7.17. The quantitative estimate of drug-likeness (QED) is 0.737. The third-order valence-corrected chi connectivity index (χ3v) is 3.56. The second-order valence-corrected chi connectivity index (χ2v) is 5.63. The van der Waals surface area contributed by atoms with Gasteiger partial charge in [0.05, 0.1) is 5.02 Å². The van der Waals surface area contributed by atoms with Crippen LogP contribution in [-0.2, 0) is 6.54 Å². The molecule has 3 nitrogen and oxygen atoms in total. The highest BCUT2D eigenvalue weighted by Gasteiger charge is 2.11. The van der Waals surface area contributed by atoms with Crippen LogP contribution in [0.25, 0.3) is 0 Å². The number of hydrogen-bond acceptors (Lipinski definition) is 3. The minimum absolute atomic E-state index is 0.647. The fourth-order valence-corrected chi connectivity index (χ4v) is 2.27. The predicted molar refractivity (Wildman–Crippen MR) is 84.0 cm³/mol. The van der Waals surface area contributed by atoms with Gasteiger partial charge in [-0.15, -0.1) is 0 Å². The highest BCUT2D eigenvalue weighted by Crippen LogP contribution is 2.24. The van der Waals surface area contributed by atoms with Gasteiger partial charge in [-0.2, -0.15) is 0 Å². The SMILES string of the molecule is CCCNCc1cnc(N(C)CC(C)CC)c(Cl)c1. The summed E-state index contributed by atoms with van der Waals surface area (Å²) in [7, 11) is 2.05. The van der Waals surface area contributed by atoms with E-state index in [1.807, 2.05) is 12.3 Å². The van der Waals surface area contributed by atoms with E-state index in [0.29, 0.717) is 5.92 Å². The van der Waals surface area contributed by atoms with Gasteiger partial charge in [0, 0.05) is 26.3 Å². The van der Waals surface area contributed by atoms with Gasteiger partial charge in [0.15, 0.2) is 0 Å². The molecule has 1 atom stereocenters. The van der Waals surface area contributed by atoms with Crippen molar-refractivity contribution in [3.63, 3.8) is 0 Å². The molecule has 19 heavy (non-hydrogen) atoms. The lowest BCUT2D eigenvalue weighted by Gasteiger charge is -2.23. The van der Waals surface area contributed by atoms with E-state index in [1.165, 1.54) is 6.42 Å². The molecule has 1 heterocycles. The minimum Gasteiger partial charge on any atom is -0.358 e. The molecule has 0 aromatic carbocycles. The topological polar surface area (TPSA) is 28.2 Å². The molecule has 1 aromatic heterocycles. The third-order valence-electron chi connectivity index (χ3n) is 3.28. The van der Waals surface area contributed by atoms with E-state index in [9.17, 15) is 0 Å². The molecule has 0 spiro atoms. The number of hydrogen-bond donors (Lipinski definition) is 1. The zero-order valence-electron chi connectivity index (χ0n) is 12.5. The van der Waals surface area contributed by atoms with E-state index in [-0.39, 0.29) is 0 Å². The van der Waals surface area contributed by atoms with Gasteiger partial charge >= 0.3 is 0 Å². The Labute approximate surface area is 122 Å². The van der Waals surface area contributed by atoms with Gasteiger partial charge in [0.1, 0.15) is 5.82 Å². The number of pyridine rings is 1. The van der Waals surface area contributed by atoms with E-state index in [2.05, 4.69) is 43.0 Å². The van der Waals surface area contributed by atoms with Gasteiger partial charge in [-0.05, 0) is 30.5 Å². The summed E-state index contributed by atoms with van der Waals surface area (Å²) in [6.45, 7) is 9.44. The maximum Gasteiger partial charge on any atom is 0.147 e. The molecule has 0 aliphatic carbocycles. The molecule has 108 valence electrons. The van der Waals surface area contributed by atoms with Crippen LogP contribution in [0.4, 0.5) is 5.82 Å². The van der Waals surface area contributed by atoms with Crippen molar-refractivity contribution in [1.82, 2.24) is 10.3 Å². The largest absolute Gasteiger partial charge is 0.358 e. The lowest BCUT2D eigenvalue weighted by Crippen LogP contribution is -2.25. The predicted octanol–water partition coefficient (Wildman–Crippen LogP) is 3.72. The number of rotatable bonds is 8. The highest BCUT2D eigenvalue weighted by molar-refractivity contribution is 6.33. The Bertz CT molecular complexity index is 382. The van der Waals surface area contributed by atoms with Gasteiger partial charge in [-0.3, -0.25) is 0 Å².